The van der Waals surface area contributed by atoms with Crippen LogP contribution >= 0.6 is 0 Å². The smallest absolute Gasteiger partial charge is 0.407 e. The lowest BCUT2D eigenvalue weighted by molar-refractivity contribution is 0.0409. The molecule has 0 saturated heterocycles. The largest absolute Gasteiger partial charge is 0.444 e. The Labute approximate surface area is 190 Å². The van der Waals surface area contributed by atoms with Gasteiger partial charge in [0.2, 0.25) is 0 Å². The zero-order valence-electron chi connectivity index (χ0n) is 19.9. The number of hydrogen-bond acceptors (Lipinski definition) is 6. The number of rotatable bonds is 8. The minimum absolute atomic E-state index is 0.0622. The standard InChI is InChI=1S/C23H39N5O4/c1-16(10-13-29)23(11-7-12-23)15-24-20(30)18-14-28(27-26-18)19-9-6-5-8-17(19)25-21(31)32-22(2,3)4/h14,16-17,19,29H,5-13,15H2,1-4H3,(H,24,30)(H,25,31)/t16?,17-,19+/m0/s1. The van der Waals surface area contributed by atoms with Crippen molar-refractivity contribution in [2.45, 2.75) is 96.7 Å². The van der Waals surface area contributed by atoms with Crippen molar-refractivity contribution in [3.63, 3.8) is 0 Å². The number of ether oxygens (including phenoxy) is 1. The summed E-state index contributed by atoms with van der Waals surface area (Å²) in [7, 11) is 0. The first-order chi connectivity index (χ1) is 15.1. The molecule has 9 nitrogen and oxygen atoms in total. The molecule has 9 heteroatoms. The third-order valence-electron chi connectivity index (χ3n) is 7.07. The fraction of sp³-hybridized carbons (Fsp3) is 0.826. The van der Waals surface area contributed by atoms with Crippen LogP contribution in [0.1, 0.15) is 95.6 Å². The van der Waals surface area contributed by atoms with E-state index in [2.05, 4.69) is 27.9 Å². The molecule has 0 aliphatic heterocycles. The molecule has 2 saturated carbocycles. The molecule has 180 valence electrons. The van der Waals surface area contributed by atoms with E-state index in [1.165, 1.54) is 0 Å². The summed E-state index contributed by atoms with van der Waals surface area (Å²) in [4.78, 5) is 25.0. The number of nitrogens with one attached hydrogen (secondary N) is 2. The molecule has 2 amide bonds. The lowest BCUT2D eigenvalue weighted by Crippen LogP contribution is -2.46. The molecule has 1 heterocycles. The molecule has 2 aliphatic carbocycles. The van der Waals surface area contributed by atoms with Crippen molar-refractivity contribution in [1.29, 1.82) is 0 Å². The average molecular weight is 450 g/mol. The molecule has 0 aromatic carbocycles. The number of aliphatic hydroxyl groups is 1. The van der Waals surface area contributed by atoms with Crippen LogP contribution in [0, 0.1) is 11.3 Å². The van der Waals surface area contributed by atoms with Crippen LogP contribution in [-0.4, -0.2) is 56.9 Å². The molecule has 1 aromatic rings. The summed E-state index contributed by atoms with van der Waals surface area (Å²) in [5, 5.41) is 23.6. The highest BCUT2D eigenvalue weighted by atomic mass is 16.6. The Morgan fingerprint density at radius 1 is 1.28 bits per heavy atom. The van der Waals surface area contributed by atoms with Gasteiger partial charge >= 0.3 is 6.09 Å². The van der Waals surface area contributed by atoms with E-state index in [1.807, 2.05) is 20.8 Å². The molecule has 3 rings (SSSR count). The number of aliphatic hydroxyl groups excluding tert-OH is 1. The molecule has 3 N–H and O–H groups in total. The molecular formula is C23H39N5O4. The number of carbonyl (C=O) groups excluding carboxylic acids is 2. The first kappa shape index (κ1) is 24.5. The summed E-state index contributed by atoms with van der Waals surface area (Å²) in [6.07, 6.45) is 9.03. The van der Waals surface area contributed by atoms with Crippen molar-refractivity contribution in [1.82, 2.24) is 25.6 Å². The third kappa shape index (κ3) is 5.99. The van der Waals surface area contributed by atoms with Gasteiger partial charge in [-0.2, -0.15) is 0 Å². The van der Waals surface area contributed by atoms with Crippen LogP contribution in [0.15, 0.2) is 6.20 Å². The second-order valence-electron chi connectivity index (χ2n) is 10.5. The summed E-state index contributed by atoms with van der Waals surface area (Å²) < 4.78 is 7.12. The highest BCUT2D eigenvalue weighted by Gasteiger charge is 2.41. The first-order valence-corrected chi connectivity index (χ1v) is 11.9. The van der Waals surface area contributed by atoms with E-state index >= 15 is 0 Å². The zero-order chi connectivity index (χ0) is 23.4. The maximum atomic E-state index is 12.8. The molecule has 1 aromatic heterocycles. The maximum Gasteiger partial charge on any atom is 0.407 e. The summed E-state index contributed by atoms with van der Waals surface area (Å²) in [5.41, 5.74) is -0.199. The van der Waals surface area contributed by atoms with E-state index in [0.29, 0.717) is 12.5 Å². The Bertz CT molecular complexity index is 784. The molecule has 1 unspecified atom stereocenters. The van der Waals surface area contributed by atoms with E-state index in [9.17, 15) is 14.7 Å². The lowest BCUT2D eigenvalue weighted by atomic mass is 9.60. The molecular weight excluding hydrogens is 410 g/mol. The zero-order valence-corrected chi connectivity index (χ0v) is 19.9. The van der Waals surface area contributed by atoms with Crippen molar-refractivity contribution in [3.05, 3.63) is 11.9 Å². The number of aromatic nitrogens is 3. The van der Waals surface area contributed by atoms with Gasteiger partial charge in [-0.1, -0.05) is 31.4 Å². The van der Waals surface area contributed by atoms with Crippen LogP contribution in [0.2, 0.25) is 0 Å². The number of alkyl carbamates (subject to hydrolysis) is 1. The summed E-state index contributed by atoms with van der Waals surface area (Å²) in [5.74, 6) is 0.130. The van der Waals surface area contributed by atoms with Crippen LogP contribution in [0.3, 0.4) is 0 Å². The molecule has 0 bridgehead atoms. The number of carbonyl (C=O) groups is 2. The second-order valence-corrected chi connectivity index (χ2v) is 10.5. The quantitative estimate of drug-likeness (QED) is 0.561. The van der Waals surface area contributed by atoms with Crippen LogP contribution in [0.5, 0.6) is 0 Å². The highest BCUT2D eigenvalue weighted by molar-refractivity contribution is 5.91. The van der Waals surface area contributed by atoms with Crippen molar-refractivity contribution in [2.75, 3.05) is 13.2 Å². The summed E-state index contributed by atoms with van der Waals surface area (Å²) in [6.45, 7) is 8.43. The molecule has 3 atom stereocenters. The van der Waals surface area contributed by atoms with Crippen LogP contribution in [-0.2, 0) is 4.74 Å². The van der Waals surface area contributed by atoms with Gasteiger partial charge in [-0.05, 0) is 64.2 Å². The summed E-state index contributed by atoms with van der Waals surface area (Å²) >= 11 is 0. The molecule has 2 fully saturated rings. The Hall–Kier alpha value is -2.16. The van der Waals surface area contributed by atoms with Crippen LogP contribution < -0.4 is 10.6 Å². The lowest BCUT2D eigenvalue weighted by Gasteiger charge is -2.46. The first-order valence-electron chi connectivity index (χ1n) is 11.9. The SMILES string of the molecule is CC(CCO)C1(CNC(=O)c2cn([C@@H]3CCCC[C@@H]3NC(=O)OC(C)(C)C)nn2)CCC1. The van der Waals surface area contributed by atoms with Gasteiger partial charge in [0.05, 0.1) is 18.3 Å². The van der Waals surface area contributed by atoms with Gasteiger partial charge in [0, 0.05) is 13.2 Å². The molecule has 2 aliphatic rings. The van der Waals surface area contributed by atoms with Crippen LogP contribution in [0.4, 0.5) is 4.79 Å². The number of nitrogens with zero attached hydrogens (tertiary/aromatic N) is 3. The van der Waals surface area contributed by atoms with Gasteiger partial charge in [-0.25, -0.2) is 9.48 Å². The van der Waals surface area contributed by atoms with Gasteiger partial charge in [0.25, 0.3) is 5.91 Å². The topological polar surface area (TPSA) is 118 Å². The van der Waals surface area contributed by atoms with Gasteiger partial charge in [-0.15, -0.1) is 5.10 Å². The second kappa shape index (κ2) is 10.2. The van der Waals surface area contributed by atoms with E-state index in [1.54, 1.807) is 10.9 Å². The normalized spacial score (nSPS) is 23.7. The van der Waals surface area contributed by atoms with E-state index in [4.69, 9.17) is 4.74 Å². The van der Waals surface area contributed by atoms with E-state index < -0.39 is 11.7 Å². The third-order valence-corrected chi connectivity index (χ3v) is 7.07. The predicted molar refractivity (Wildman–Crippen MR) is 120 cm³/mol. The summed E-state index contributed by atoms with van der Waals surface area (Å²) in [6, 6.07) is -0.179. The van der Waals surface area contributed by atoms with Gasteiger partial charge in [0.1, 0.15) is 5.60 Å². The Morgan fingerprint density at radius 3 is 2.62 bits per heavy atom. The maximum absolute atomic E-state index is 12.8. The fourth-order valence-corrected chi connectivity index (χ4v) is 4.92. The monoisotopic (exact) mass is 449 g/mol. The Kier molecular flexibility index (Phi) is 7.79. The van der Waals surface area contributed by atoms with Crippen molar-refractivity contribution in [2.24, 2.45) is 11.3 Å². The Balaban J connectivity index is 1.60. The molecule has 0 spiro atoms. The minimum Gasteiger partial charge on any atom is -0.444 e. The van der Waals surface area contributed by atoms with Crippen LogP contribution in [0.25, 0.3) is 0 Å². The van der Waals surface area contributed by atoms with Gasteiger partial charge in [0.15, 0.2) is 5.69 Å². The Morgan fingerprint density at radius 2 is 2.00 bits per heavy atom. The van der Waals surface area contributed by atoms with E-state index in [0.717, 1.165) is 51.4 Å². The highest BCUT2D eigenvalue weighted by Crippen LogP contribution is 2.47. The number of amides is 2. The predicted octanol–water partition coefficient (Wildman–Crippen LogP) is 3.21. The number of hydrogen-bond donors (Lipinski definition) is 3. The fourth-order valence-electron chi connectivity index (χ4n) is 4.92. The average Bonchev–Trinajstić information content (AvgIpc) is 3.16. The molecule has 0 radical (unpaired) electrons. The molecule has 32 heavy (non-hydrogen) atoms. The van der Waals surface area contributed by atoms with Crippen molar-refractivity contribution < 1.29 is 19.4 Å². The van der Waals surface area contributed by atoms with E-state index in [-0.39, 0.29) is 35.7 Å². The van der Waals surface area contributed by atoms with Crippen molar-refractivity contribution in [3.8, 4) is 0 Å². The minimum atomic E-state index is -0.556. The van der Waals surface area contributed by atoms with Gasteiger partial charge in [-0.3, -0.25) is 4.79 Å². The van der Waals surface area contributed by atoms with Gasteiger partial charge < -0.3 is 20.5 Å². The van der Waals surface area contributed by atoms with Crippen molar-refractivity contribution >= 4 is 12.0 Å².